The van der Waals surface area contributed by atoms with E-state index in [9.17, 15) is 31.1 Å². The fourth-order valence-electron chi connectivity index (χ4n) is 4.50. The first kappa shape index (κ1) is 26.1. The number of likely N-dealkylation sites (tertiary alicyclic amines) is 1. The largest absolute Gasteiger partial charge is 0.433 e. The second-order valence-corrected chi connectivity index (χ2v) is 9.08. The molecule has 0 bridgehead atoms. The number of hydrogen-bond acceptors (Lipinski definition) is 4. The highest BCUT2D eigenvalue weighted by Crippen LogP contribution is 2.36. The van der Waals surface area contributed by atoms with Gasteiger partial charge in [0, 0.05) is 38.3 Å². The van der Waals surface area contributed by atoms with Crippen molar-refractivity contribution in [2.75, 3.05) is 49.6 Å². The van der Waals surface area contributed by atoms with Gasteiger partial charge in [0.2, 0.25) is 0 Å². The highest BCUT2D eigenvalue weighted by molar-refractivity contribution is 5.90. The molecule has 0 spiro atoms. The third-order valence-electron chi connectivity index (χ3n) is 6.33. The second kappa shape index (κ2) is 10.2. The minimum Gasteiger partial charge on any atom is -0.378 e. The van der Waals surface area contributed by atoms with E-state index in [2.05, 4.69) is 10.3 Å². The molecule has 36 heavy (non-hydrogen) atoms. The number of urea groups is 1. The zero-order valence-corrected chi connectivity index (χ0v) is 19.5. The molecule has 1 aromatic carbocycles. The van der Waals surface area contributed by atoms with E-state index in [-0.39, 0.29) is 25.3 Å². The molecule has 1 N–H and O–H groups in total. The summed E-state index contributed by atoms with van der Waals surface area (Å²) in [7, 11) is 0. The summed E-state index contributed by atoms with van der Waals surface area (Å²) in [5.74, 6) is -0.467. The van der Waals surface area contributed by atoms with Crippen LogP contribution in [0.5, 0.6) is 0 Å². The fourth-order valence-corrected chi connectivity index (χ4v) is 4.50. The average molecular weight is 516 g/mol. The number of amides is 2. The van der Waals surface area contributed by atoms with Gasteiger partial charge in [0.15, 0.2) is 0 Å². The van der Waals surface area contributed by atoms with Gasteiger partial charge < -0.3 is 19.9 Å². The van der Waals surface area contributed by atoms with Crippen LogP contribution in [0.15, 0.2) is 30.3 Å². The standard InChI is InChI=1S/C24H26F6N4O2/c1-15-2-3-18(31-22(35)34-5-4-16(14-34)13-23(25,26)27)12-19(15)17-10-20(24(28,29)30)32-21(11-17)33-6-8-36-9-7-33/h2-3,10-12,16H,4-9,13-14H2,1H3,(H,31,35). The van der Waals surface area contributed by atoms with Crippen molar-refractivity contribution in [3.05, 3.63) is 41.6 Å². The maximum Gasteiger partial charge on any atom is 0.433 e. The molecular formula is C24H26F6N4O2. The molecule has 1 aromatic heterocycles. The van der Waals surface area contributed by atoms with Crippen molar-refractivity contribution in [3.63, 3.8) is 0 Å². The average Bonchev–Trinajstić information content (AvgIpc) is 3.27. The maximum atomic E-state index is 13.7. The van der Waals surface area contributed by atoms with Crippen LogP contribution in [-0.2, 0) is 10.9 Å². The second-order valence-electron chi connectivity index (χ2n) is 9.08. The molecular weight excluding hydrogens is 490 g/mol. The zero-order valence-electron chi connectivity index (χ0n) is 19.5. The number of aryl methyl sites for hydroxylation is 1. The third-order valence-corrected chi connectivity index (χ3v) is 6.33. The van der Waals surface area contributed by atoms with Crippen LogP contribution in [0.3, 0.4) is 0 Å². The zero-order chi connectivity index (χ0) is 26.1. The number of rotatable bonds is 4. The Labute approximate surface area is 204 Å². The number of anilines is 2. The number of nitrogens with one attached hydrogen (secondary N) is 1. The molecule has 4 rings (SSSR count). The number of nitrogens with zero attached hydrogens (tertiary/aromatic N) is 3. The first-order valence-electron chi connectivity index (χ1n) is 11.5. The summed E-state index contributed by atoms with van der Waals surface area (Å²) in [6.45, 7) is 3.52. The highest BCUT2D eigenvalue weighted by Gasteiger charge is 2.37. The molecule has 2 aliphatic heterocycles. The van der Waals surface area contributed by atoms with E-state index in [1.54, 1.807) is 36.1 Å². The van der Waals surface area contributed by atoms with Crippen LogP contribution in [0.1, 0.15) is 24.1 Å². The van der Waals surface area contributed by atoms with E-state index in [4.69, 9.17) is 4.74 Å². The summed E-state index contributed by atoms with van der Waals surface area (Å²) in [5, 5.41) is 2.67. The van der Waals surface area contributed by atoms with E-state index < -0.39 is 36.4 Å². The van der Waals surface area contributed by atoms with Crippen molar-refractivity contribution in [2.45, 2.75) is 32.1 Å². The number of halogens is 6. The van der Waals surface area contributed by atoms with Crippen LogP contribution in [0.25, 0.3) is 11.1 Å². The summed E-state index contributed by atoms with van der Waals surface area (Å²) in [6.07, 6.45) is -9.63. The van der Waals surface area contributed by atoms with Gasteiger partial charge in [-0.2, -0.15) is 26.3 Å². The first-order chi connectivity index (χ1) is 16.9. The van der Waals surface area contributed by atoms with Crippen LogP contribution < -0.4 is 10.2 Å². The molecule has 0 saturated carbocycles. The summed E-state index contributed by atoms with van der Waals surface area (Å²) in [4.78, 5) is 19.5. The minimum atomic E-state index is -4.65. The number of carbonyl (C=O) groups excluding carboxylic acids is 1. The first-order valence-corrected chi connectivity index (χ1v) is 11.5. The number of carbonyl (C=O) groups is 1. The van der Waals surface area contributed by atoms with Crippen molar-refractivity contribution in [1.29, 1.82) is 0 Å². The SMILES string of the molecule is Cc1ccc(NC(=O)N2CCC(CC(F)(F)F)C2)cc1-c1cc(N2CCOCC2)nc(C(F)(F)F)c1. The van der Waals surface area contributed by atoms with Crippen LogP contribution in [0.4, 0.5) is 42.6 Å². The van der Waals surface area contributed by atoms with Gasteiger partial charge in [-0.3, -0.25) is 0 Å². The molecule has 3 heterocycles. The molecule has 12 heteroatoms. The van der Waals surface area contributed by atoms with Crippen molar-refractivity contribution in [1.82, 2.24) is 9.88 Å². The van der Waals surface area contributed by atoms with Gasteiger partial charge >= 0.3 is 18.4 Å². The number of aromatic nitrogens is 1. The van der Waals surface area contributed by atoms with E-state index in [0.717, 1.165) is 6.07 Å². The number of morpholine rings is 1. The number of hydrogen-bond donors (Lipinski definition) is 1. The van der Waals surface area contributed by atoms with Gasteiger partial charge in [0.25, 0.3) is 0 Å². The number of ether oxygens (including phenoxy) is 1. The molecule has 2 fully saturated rings. The monoisotopic (exact) mass is 516 g/mol. The Morgan fingerprint density at radius 2 is 1.81 bits per heavy atom. The molecule has 1 atom stereocenters. The van der Waals surface area contributed by atoms with Gasteiger partial charge in [-0.1, -0.05) is 6.07 Å². The Morgan fingerprint density at radius 1 is 1.08 bits per heavy atom. The van der Waals surface area contributed by atoms with E-state index >= 15 is 0 Å². The van der Waals surface area contributed by atoms with Crippen LogP contribution in [0.2, 0.25) is 0 Å². The Morgan fingerprint density at radius 3 is 2.47 bits per heavy atom. The predicted octanol–water partition coefficient (Wildman–Crippen LogP) is 5.72. The Balaban J connectivity index is 1.57. The summed E-state index contributed by atoms with van der Waals surface area (Å²) in [5.41, 5.74) is 0.762. The molecule has 0 radical (unpaired) electrons. The Bertz CT molecular complexity index is 1100. The summed E-state index contributed by atoms with van der Waals surface area (Å²) >= 11 is 0. The number of pyridine rings is 1. The highest BCUT2D eigenvalue weighted by atomic mass is 19.4. The lowest BCUT2D eigenvalue weighted by Gasteiger charge is -2.29. The van der Waals surface area contributed by atoms with E-state index in [0.29, 0.717) is 48.7 Å². The lowest BCUT2D eigenvalue weighted by molar-refractivity contribution is -0.143. The van der Waals surface area contributed by atoms with Crippen LogP contribution >= 0.6 is 0 Å². The van der Waals surface area contributed by atoms with Gasteiger partial charge in [0.05, 0.1) is 13.2 Å². The van der Waals surface area contributed by atoms with Crippen LogP contribution in [0, 0.1) is 12.8 Å². The summed E-state index contributed by atoms with van der Waals surface area (Å²) in [6, 6.07) is 6.85. The Kier molecular flexibility index (Phi) is 7.35. The van der Waals surface area contributed by atoms with Crippen molar-refractivity contribution in [3.8, 4) is 11.1 Å². The maximum absolute atomic E-state index is 13.7. The van der Waals surface area contributed by atoms with Gasteiger partial charge in [0.1, 0.15) is 11.5 Å². The third kappa shape index (κ3) is 6.40. The Hall–Kier alpha value is -3.02. The molecule has 6 nitrogen and oxygen atoms in total. The molecule has 0 aliphatic carbocycles. The summed E-state index contributed by atoms with van der Waals surface area (Å²) < 4.78 is 84.3. The molecule has 2 saturated heterocycles. The van der Waals surface area contributed by atoms with Crippen molar-refractivity contribution < 1.29 is 35.9 Å². The molecule has 2 amide bonds. The van der Waals surface area contributed by atoms with Gasteiger partial charge in [-0.15, -0.1) is 0 Å². The number of alkyl halides is 6. The molecule has 196 valence electrons. The topological polar surface area (TPSA) is 57.7 Å². The smallest absolute Gasteiger partial charge is 0.378 e. The normalized spacial score (nSPS) is 19.0. The van der Waals surface area contributed by atoms with Crippen molar-refractivity contribution in [2.24, 2.45) is 5.92 Å². The van der Waals surface area contributed by atoms with Gasteiger partial charge in [-0.05, 0) is 60.2 Å². The van der Waals surface area contributed by atoms with Gasteiger partial charge in [-0.25, -0.2) is 9.78 Å². The minimum absolute atomic E-state index is 0.00767. The van der Waals surface area contributed by atoms with Crippen LogP contribution in [-0.4, -0.2) is 61.5 Å². The lowest BCUT2D eigenvalue weighted by atomic mass is 9.99. The van der Waals surface area contributed by atoms with Crippen molar-refractivity contribution >= 4 is 17.5 Å². The number of benzene rings is 1. The molecule has 2 aliphatic rings. The van der Waals surface area contributed by atoms with E-state index in [1.165, 1.54) is 4.90 Å². The fraction of sp³-hybridized carbons (Fsp3) is 0.500. The van der Waals surface area contributed by atoms with E-state index in [1.807, 2.05) is 0 Å². The molecule has 1 unspecified atom stereocenters. The predicted molar refractivity (Wildman–Crippen MR) is 122 cm³/mol. The molecule has 2 aromatic rings. The quantitative estimate of drug-likeness (QED) is 0.529. The lowest BCUT2D eigenvalue weighted by Crippen LogP contribution is -2.37.